The Kier molecular flexibility index (Phi) is 11.4. The summed E-state index contributed by atoms with van der Waals surface area (Å²) in [4.78, 5) is 18.6. The second-order valence-electron chi connectivity index (χ2n) is 8.71. The molecule has 1 saturated heterocycles. The first-order chi connectivity index (χ1) is 15.0. The van der Waals surface area contributed by atoms with Gasteiger partial charge in [-0.25, -0.2) is 4.99 Å². The van der Waals surface area contributed by atoms with Crippen LogP contribution < -0.4 is 16.4 Å². The second-order valence-corrected chi connectivity index (χ2v) is 8.71. The summed E-state index contributed by atoms with van der Waals surface area (Å²) in [5.74, 6) is 1.27. The third-order valence-corrected chi connectivity index (χ3v) is 5.45. The Hall–Kier alpha value is -2.12. The average molecular weight is 432 g/mol. The number of hydrogen-bond donors (Lipinski definition) is 3. The molecule has 2 rings (SSSR count). The van der Waals surface area contributed by atoms with Crippen LogP contribution in [0.15, 0.2) is 29.3 Å². The van der Waals surface area contributed by atoms with E-state index in [1.807, 2.05) is 0 Å². The van der Waals surface area contributed by atoms with Gasteiger partial charge in [0.2, 0.25) is 5.91 Å². The lowest BCUT2D eigenvalue weighted by atomic mass is 9.97. The highest BCUT2D eigenvalue weighted by Gasteiger charge is 2.23. The molecule has 0 spiro atoms. The number of carbonyl (C=O) groups excluding carboxylic acids is 1. The number of ether oxygens (including phenoxy) is 1. The molecule has 0 saturated carbocycles. The number of benzene rings is 1. The van der Waals surface area contributed by atoms with Gasteiger partial charge in [0.15, 0.2) is 5.96 Å². The van der Waals surface area contributed by atoms with Crippen molar-refractivity contribution < 1.29 is 9.53 Å². The van der Waals surface area contributed by atoms with Crippen molar-refractivity contribution in [3.8, 4) is 0 Å². The van der Waals surface area contributed by atoms with Gasteiger partial charge in [0.1, 0.15) is 0 Å². The molecule has 1 fully saturated rings. The molecule has 1 aromatic carbocycles. The summed E-state index contributed by atoms with van der Waals surface area (Å²) in [7, 11) is 0. The van der Waals surface area contributed by atoms with E-state index in [4.69, 9.17) is 15.5 Å². The molecular weight excluding hydrogens is 390 g/mol. The van der Waals surface area contributed by atoms with E-state index < -0.39 is 0 Å². The van der Waals surface area contributed by atoms with E-state index in [0.717, 1.165) is 64.6 Å². The van der Waals surface area contributed by atoms with E-state index in [1.54, 1.807) is 0 Å². The van der Waals surface area contributed by atoms with Crippen molar-refractivity contribution in [3.05, 3.63) is 35.4 Å². The van der Waals surface area contributed by atoms with Crippen LogP contribution in [0.5, 0.6) is 0 Å². The minimum Gasteiger partial charge on any atom is -0.380 e. The van der Waals surface area contributed by atoms with Gasteiger partial charge in [-0.1, -0.05) is 38.1 Å². The zero-order valence-electron chi connectivity index (χ0n) is 19.5. The number of aliphatic imine (C=N–C) groups is 1. The summed E-state index contributed by atoms with van der Waals surface area (Å²) in [6.07, 6.45) is 3.02. The van der Waals surface area contributed by atoms with Crippen molar-refractivity contribution in [2.75, 3.05) is 39.4 Å². The van der Waals surface area contributed by atoms with Gasteiger partial charge in [0, 0.05) is 32.8 Å². The van der Waals surface area contributed by atoms with Crippen LogP contribution >= 0.6 is 0 Å². The van der Waals surface area contributed by atoms with Crippen LogP contribution in [0.4, 0.5) is 0 Å². The third-order valence-electron chi connectivity index (χ3n) is 5.45. The predicted octanol–water partition coefficient (Wildman–Crippen LogP) is 2.50. The van der Waals surface area contributed by atoms with Crippen molar-refractivity contribution >= 4 is 11.9 Å². The Balaban J connectivity index is 1.83. The lowest BCUT2D eigenvalue weighted by Crippen LogP contribution is -2.40. The number of primary amides is 1. The highest BCUT2D eigenvalue weighted by atomic mass is 16.5. The number of carbonyl (C=O) groups is 1. The van der Waals surface area contributed by atoms with Gasteiger partial charge in [-0.2, -0.15) is 0 Å². The highest BCUT2D eigenvalue weighted by Crippen LogP contribution is 2.19. The number of amides is 1. The summed E-state index contributed by atoms with van der Waals surface area (Å²) >= 11 is 0. The Morgan fingerprint density at radius 3 is 2.84 bits per heavy atom. The number of likely N-dealkylation sites (tertiary alicyclic amines) is 1. The summed E-state index contributed by atoms with van der Waals surface area (Å²) in [5.41, 5.74) is 7.93. The Morgan fingerprint density at radius 1 is 1.29 bits per heavy atom. The number of nitrogens with two attached hydrogens (primary N) is 1. The predicted molar refractivity (Wildman–Crippen MR) is 127 cm³/mol. The minimum atomic E-state index is -0.179. The second kappa shape index (κ2) is 14.0. The van der Waals surface area contributed by atoms with Gasteiger partial charge in [0.05, 0.1) is 19.1 Å². The Bertz CT molecular complexity index is 692. The maximum Gasteiger partial charge on any atom is 0.221 e. The first kappa shape index (κ1) is 25.1. The lowest BCUT2D eigenvalue weighted by Gasteiger charge is -2.31. The molecule has 1 aliphatic rings. The van der Waals surface area contributed by atoms with Crippen LogP contribution in [-0.4, -0.2) is 56.2 Å². The molecule has 1 atom stereocenters. The molecule has 1 heterocycles. The van der Waals surface area contributed by atoms with E-state index in [0.29, 0.717) is 19.1 Å². The highest BCUT2D eigenvalue weighted by molar-refractivity contribution is 5.79. The number of nitrogens with zero attached hydrogens (tertiary/aromatic N) is 2. The third kappa shape index (κ3) is 10.2. The zero-order chi connectivity index (χ0) is 22.5. The standard InChI is InChI=1S/C24H41N5O2/c1-4-26-24(27-11-14-31-13-10-19(2)3)28-16-20-7-5-8-21(15-20)17-29-12-6-9-22(18-29)23(25)30/h5,7-8,15,19,22H,4,6,9-14,16-18H2,1-3H3,(H2,25,30)(H2,26,27,28). The summed E-state index contributed by atoms with van der Waals surface area (Å²) < 4.78 is 5.67. The fourth-order valence-electron chi connectivity index (χ4n) is 3.69. The Morgan fingerprint density at radius 2 is 2.10 bits per heavy atom. The maximum atomic E-state index is 11.5. The van der Waals surface area contributed by atoms with E-state index in [-0.39, 0.29) is 11.8 Å². The molecule has 0 radical (unpaired) electrons. The van der Waals surface area contributed by atoms with Gasteiger partial charge < -0.3 is 21.1 Å². The first-order valence-electron chi connectivity index (χ1n) is 11.7. The first-order valence-corrected chi connectivity index (χ1v) is 11.7. The maximum absolute atomic E-state index is 11.5. The molecule has 31 heavy (non-hydrogen) atoms. The van der Waals surface area contributed by atoms with Crippen molar-refractivity contribution in [2.24, 2.45) is 22.6 Å². The molecule has 0 aliphatic carbocycles. The average Bonchev–Trinajstić information content (AvgIpc) is 2.74. The van der Waals surface area contributed by atoms with Crippen LogP contribution in [0.1, 0.15) is 51.2 Å². The van der Waals surface area contributed by atoms with E-state index in [9.17, 15) is 4.79 Å². The zero-order valence-corrected chi connectivity index (χ0v) is 19.5. The molecule has 7 heteroatoms. The number of piperidine rings is 1. The molecule has 7 nitrogen and oxygen atoms in total. The summed E-state index contributed by atoms with van der Waals surface area (Å²) in [6.45, 7) is 12.7. The van der Waals surface area contributed by atoms with Gasteiger partial charge in [-0.05, 0) is 49.8 Å². The monoisotopic (exact) mass is 431 g/mol. The quantitative estimate of drug-likeness (QED) is 0.269. The van der Waals surface area contributed by atoms with Crippen LogP contribution in [0.3, 0.4) is 0 Å². The molecular formula is C24H41N5O2. The molecule has 1 aromatic rings. The van der Waals surface area contributed by atoms with Crippen molar-refractivity contribution in [2.45, 2.75) is 53.1 Å². The van der Waals surface area contributed by atoms with Crippen molar-refractivity contribution in [3.63, 3.8) is 0 Å². The molecule has 1 aliphatic heterocycles. The van der Waals surface area contributed by atoms with E-state index in [1.165, 1.54) is 11.1 Å². The number of guanidine groups is 1. The molecule has 4 N–H and O–H groups in total. The van der Waals surface area contributed by atoms with Crippen molar-refractivity contribution in [1.29, 1.82) is 0 Å². The van der Waals surface area contributed by atoms with Crippen LogP contribution in [0.2, 0.25) is 0 Å². The van der Waals surface area contributed by atoms with Crippen LogP contribution in [-0.2, 0) is 22.6 Å². The van der Waals surface area contributed by atoms with Crippen molar-refractivity contribution in [1.82, 2.24) is 15.5 Å². The lowest BCUT2D eigenvalue weighted by molar-refractivity contribution is -0.123. The van der Waals surface area contributed by atoms with Crippen LogP contribution in [0, 0.1) is 11.8 Å². The van der Waals surface area contributed by atoms with E-state index >= 15 is 0 Å². The smallest absolute Gasteiger partial charge is 0.221 e. The van der Waals surface area contributed by atoms with Gasteiger partial charge in [-0.15, -0.1) is 0 Å². The number of rotatable bonds is 12. The molecule has 0 aromatic heterocycles. The molecule has 1 unspecified atom stereocenters. The fourth-order valence-corrected chi connectivity index (χ4v) is 3.69. The van der Waals surface area contributed by atoms with Gasteiger partial charge in [-0.3, -0.25) is 9.69 Å². The topological polar surface area (TPSA) is 92.0 Å². The van der Waals surface area contributed by atoms with Gasteiger partial charge in [0.25, 0.3) is 0 Å². The summed E-state index contributed by atoms with van der Waals surface area (Å²) in [5, 5.41) is 6.63. The molecule has 0 bridgehead atoms. The van der Waals surface area contributed by atoms with Crippen LogP contribution in [0.25, 0.3) is 0 Å². The largest absolute Gasteiger partial charge is 0.380 e. The number of nitrogens with one attached hydrogen (secondary N) is 2. The van der Waals surface area contributed by atoms with Gasteiger partial charge >= 0.3 is 0 Å². The van der Waals surface area contributed by atoms with E-state index in [2.05, 4.69) is 60.6 Å². The fraction of sp³-hybridized carbons (Fsp3) is 0.667. The molecule has 174 valence electrons. The SMILES string of the molecule is CCNC(=NCc1cccc(CN2CCCC(C(N)=O)C2)c1)NCCOCCC(C)C. The number of hydrogen-bond acceptors (Lipinski definition) is 4. The Labute approximate surface area is 187 Å². The minimum absolute atomic E-state index is 0.0235. The normalized spacial score (nSPS) is 17.7. The molecule has 1 amide bonds. The summed E-state index contributed by atoms with van der Waals surface area (Å²) in [6, 6.07) is 8.53.